The van der Waals surface area contributed by atoms with Gasteiger partial charge in [-0.2, -0.15) is 0 Å². The third kappa shape index (κ3) is 5.35. The van der Waals surface area contributed by atoms with Crippen molar-refractivity contribution in [1.82, 2.24) is 4.72 Å². The molecule has 5 nitrogen and oxygen atoms in total. The maximum absolute atomic E-state index is 12.4. The van der Waals surface area contributed by atoms with E-state index in [0.29, 0.717) is 18.7 Å². The summed E-state index contributed by atoms with van der Waals surface area (Å²) in [7, 11) is -2.03. The van der Waals surface area contributed by atoms with Gasteiger partial charge in [0.1, 0.15) is 4.99 Å². The second-order valence-corrected chi connectivity index (χ2v) is 7.77. The van der Waals surface area contributed by atoms with Gasteiger partial charge in [0.15, 0.2) is 0 Å². The lowest BCUT2D eigenvalue weighted by atomic mass is 9.90. The van der Waals surface area contributed by atoms with Crippen molar-refractivity contribution in [1.29, 1.82) is 0 Å². The fraction of sp³-hybridized carbons (Fsp3) is 0.500. The standard InChI is InChI=1S/C14H22N2O3S2/c1-14(2,8-9-19-3)10-16-21(17,18)12-7-5-4-6-11(12)13(15)20/h4-7,16H,8-10H2,1-3H3,(H2,15,20). The SMILES string of the molecule is COCCC(C)(C)CNS(=O)(=O)c1ccccc1C(N)=S. The molecule has 1 aromatic rings. The molecule has 3 N–H and O–H groups in total. The number of ether oxygens (including phenoxy) is 1. The number of nitrogens with one attached hydrogen (secondary N) is 1. The van der Waals surface area contributed by atoms with Crippen LogP contribution in [0.3, 0.4) is 0 Å². The zero-order chi connectivity index (χ0) is 16.1. The summed E-state index contributed by atoms with van der Waals surface area (Å²) in [6.07, 6.45) is 0.753. The van der Waals surface area contributed by atoms with Crippen LogP contribution in [-0.4, -0.2) is 33.7 Å². The van der Waals surface area contributed by atoms with E-state index in [1.807, 2.05) is 13.8 Å². The number of hydrogen-bond acceptors (Lipinski definition) is 4. The van der Waals surface area contributed by atoms with Crippen LogP contribution in [0.4, 0.5) is 0 Å². The zero-order valence-electron chi connectivity index (χ0n) is 12.5. The van der Waals surface area contributed by atoms with Crippen LogP contribution in [0, 0.1) is 5.41 Å². The molecule has 0 fully saturated rings. The number of rotatable bonds is 8. The van der Waals surface area contributed by atoms with Gasteiger partial charge in [-0.3, -0.25) is 0 Å². The third-order valence-electron chi connectivity index (χ3n) is 3.17. The topological polar surface area (TPSA) is 81.4 Å². The Hall–Kier alpha value is -1.02. The van der Waals surface area contributed by atoms with E-state index < -0.39 is 10.0 Å². The summed E-state index contributed by atoms with van der Waals surface area (Å²) in [6.45, 7) is 4.85. The third-order valence-corrected chi connectivity index (χ3v) is 4.85. The van der Waals surface area contributed by atoms with E-state index in [-0.39, 0.29) is 15.3 Å². The van der Waals surface area contributed by atoms with Crippen molar-refractivity contribution in [2.45, 2.75) is 25.2 Å². The van der Waals surface area contributed by atoms with E-state index in [1.54, 1.807) is 25.3 Å². The summed E-state index contributed by atoms with van der Waals surface area (Å²) < 4.78 is 32.5. The van der Waals surface area contributed by atoms with Crippen LogP contribution in [-0.2, 0) is 14.8 Å². The van der Waals surface area contributed by atoms with Gasteiger partial charge in [-0.1, -0.05) is 44.3 Å². The van der Waals surface area contributed by atoms with Gasteiger partial charge >= 0.3 is 0 Å². The Balaban J connectivity index is 2.91. The maximum atomic E-state index is 12.4. The molecule has 0 saturated carbocycles. The van der Waals surface area contributed by atoms with Gasteiger partial charge in [0, 0.05) is 25.8 Å². The quantitative estimate of drug-likeness (QED) is 0.709. The molecule has 0 heterocycles. The Kier molecular flexibility index (Phi) is 6.27. The lowest BCUT2D eigenvalue weighted by molar-refractivity contribution is 0.153. The molecule has 0 spiro atoms. The van der Waals surface area contributed by atoms with E-state index in [1.165, 1.54) is 6.07 Å². The summed E-state index contributed by atoms with van der Waals surface area (Å²) in [4.78, 5) is 0.176. The maximum Gasteiger partial charge on any atom is 0.241 e. The first-order valence-electron chi connectivity index (χ1n) is 6.57. The van der Waals surface area contributed by atoms with E-state index in [9.17, 15) is 8.42 Å². The van der Waals surface area contributed by atoms with Crippen LogP contribution >= 0.6 is 12.2 Å². The molecule has 118 valence electrons. The fourth-order valence-electron chi connectivity index (χ4n) is 1.74. The van der Waals surface area contributed by atoms with Crippen LogP contribution in [0.15, 0.2) is 29.2 Å². The number of thiocarbonyl (C=S) groups is 1. The van der Waals surface area contributed by atoms with Crippen molar-refractivity contribution < 1.29 is 13.2 Å². The highest BCUT2D eigenvalue weighted by Gasteiger charge is 2.24. The number of nitrogens with two attached hydrogens (primary N) is 1. The van der Waals surface area contributed by atoms with Crippen molar-refractivity contribution in [3.8, 4) is 0 Å². The molecule has 0 amide bonds. The summed E-state index contributed by atoms with van der Waals surface area (Å²) >= 11 is 4.90. The molecule has 1 aromatic carbocycles. The Bertz CT molecular complexity index is 598. The number of hydrogen-bond donors (Lipinski definition) is 2. The van der Waals surface area contributed by atoms with Crippen molar-refractivity contribution >= 4 is 27.2 Å². The minimum Gasteiger partial charge on any atom is -0.389 e. The molecule has 0 unspecified atom stereocenters. The molecule has 21 heavy (non-hydrogen) atoms. The Morgan fingerprint density at radius 1 is 1.38 bits per heavy atom. The minimum absolute atomic E-state index is 0.0645. The average molecular weight is 330 g/mol. The largest absolute Gasteiger partial charge is 0.389 e. The van der Waals surface area contributed by atoms with Crippen LogP contribution in [0.5, 0.6) is 0 Å². The van der Waals surface area contributed by atoms with E-state index in [4.69, 9.17) is 22.7 Å². The van der Waals surface area contributed by atoms with Gasteiger partial charge in [-0.25, -0.2) is 13.1 Å². The van der Waals surface area contributed by atoms with Crippen LogP contribution in [0.1, 0.15) is 25.8 Å². The molecule has 0 saturated heterocycles. The van der Waals surface area contributed by atoms with Crippen molar-refractivity contribution in [2.75, 3.05) is 20.3 Å². The van der Waals surface area contributed by atoms with Crippen molar-refractivity contribution in [3.63, 3.8) is 0 Å². The summed E-state index contributed by atoms with van der Waals surface area (Å²) in [6, 6.07) is 6.45. The fourth-order valence-corrected chi connectivity index (χ4v) is 3.44. The van der Waals surface area contributed by atoms with E-state index in [0.717, 1.165) is 6.42 Å². The molecular weight excluding hydrogens is 308 g/mol. The molecule has 0 aliphatic carbocycles. The molecule has 1 rings (SSSR count). The molecule has 0 atom stereocenters. The Morgan fingerprint density at radius 3 is 2.57 bits per heavy atom. The molecule has 0 aliphatic heterocycles. The first-order chi connectivity index (χ1) is 9.69. The zero-order valence-corrected chi connectivity index (χ0v) is 14.2. The Morgan fingerprint density at radius 2 is 2.00 bits per heavy atom. The predicted molar refractivity (Wildman–Crippen MR) is 87.8 cm³/mol. The lowest BCUT2D eigenvalue weighted by Gasteiger charge is -2.24. The van der Waals surface area contributed by atoms with Gasteiger partial charge in [0.2, 0.25) is 10.0 Å². The summed E-state index contributed by atoms with van der Waals surface area (Å²) in [5.74, 6) is 0. The molecule has 0 radical (unpaired) electrons. The van der Waals surface area contributed by atoms with Gasteiger partial charge in [0.05, 0.1) is 4.90 Å². The van der Waals surface area contributed by atoms with Crippen LogP contribution in [0.25, 0.3) is 0 Å². The highest BCUT2D eigenvalue weighted by atomic mass is 32.2. The van der Waals surface area contributed by atoms with E-state index >= 15 is 0 Å². The molecule has 0 bridgehead atoms. The second-order valence-electron chi connectivity index (χ2n) is 5.59. The van der Waals surface area contributed by atoms with Gasteiger partial charge < -0.3 is 10.5 Å². The first kappa shape index (κ1) is 18.0. The van der Waals surface area contributed by atoms with Crippen molar-refractivity contribution in [2.24, 2.45) is 11.1 Å². The number of sulfonamides is 1. The van der Waals surface area contributed by atoms with Crippen LogP contribution in [0.2, 0.25) is 0 Å². The molecule has 0 aliphatic rings. The van der Waals surface area contributed by atoms with Crippen LogP contribution < -0.4 is 10.5 Å². The van der Waals surface area contributed by atoms with Gasteiger partial charge in [-0.05, 0) is 17.9 Å². The number of methoxy groups -OCH3 is 1. The van der Waals surface area contributed by atoms with Gasteiger partial charge in [-0.15, -0.1) is 0 Å². The van der Waals surface area contributed by atoms with Gasteiger partial charge in [0.25, 0.3) is 0 Å². The molecule has 0 aromatic heterocycles. The number of benzene rings is 1. The summed E-state index contributed by atoms with van der Waals surface area (Å²) in [5.41, 5.74) is 5.73. The highest BCUT2D eigenvalue weighted by Crippen LogP contribution is 2.21. The minimum atomic E-state index is -3.65. The average Bonchev–Trinajstić information content (AvgIpc) is 2.43. The summed E-state index contributed by atoms with van der Waals surface area (Å²) in [5, 5.41) is 0. The molecular formula is C14H22N2O3S2. The smallest absolute Gasteiger partial charge is 0.241 e. The predicted octanol–water partition coefficient (Wildman–Crippen LogP) is 1.66. The van der Waals surface area contributed by atoms with E-state index in [2.05, 4.69) is 4.72 Å². The first-order valence-corrected chi connectivity index (χ1v) is 8.46. The van der Waals surface area contributed by atoms with Crippen molar-refractivity contribution in [3.05, 3.63) is 29.8 Å². The highest BCUT2D eigenvalue weighted by molar-refractivity contribution is 7.89. The Labute approximate surface area is 131 Å². The monoisotopic (exact) mass is 330 g/mol. The lowest BCUT2D eigenvalue weighted by Crippen LogP contribution is -2.35. The second kappa shape index (κ2) is 7.31. The molecule has 7 heteroatoms. The normalized spacial score (nSPS) is 12.3.